The number of hydrogen-bond donors (Lipinski definition) is 0. The van der Waals surface area contributed by atoms with Crippen LogP contribution in [0.3, 0.4) is 0 Å². The van der Waals surface area contributed by atoms with Crippen LogP contribution in [-0.2, 0) is 0 Å². The number of aromatic nitrogens is 1. The second kappa shape index (κ2) is 14.4. The van der Waals surface area contributed by atoms with Crippen LogP contribution in [0, 0.1) is 0 Å². The first-order valence-electron chi connectivity index (χ1n) is 19.9. The Morgan fingerprint density at radius 1 is 0.431 bits per heavy atom. The van der Waals surface area contributed by atoms with E-state index < -0.39 is 0 Å². The highest BCUT2D eigenvalue weighted by Gasteiger charge is 2.17. The van der Waals surface area contributed by atoms with Gasteiger partial charge < -0.3 is 9.47 Å². The van der Waals surface area contributed by atoms with Gasteiger partial charge in [-0.3, -0.25) is 0 Å². The van der Waals surface area contributed by atoms with Crippen molar-refractivity contribution in [3.8, 4) is 33.4 Å². The summed E-state index contributed by atoms with van der Waals surface area (Å²) in [6.45, 7) is 0. The molecule has 1 aliphatic carbocycles. The molecule has 0 N–H and O–H groups in total. The lowest BCUT2D eigenvalue weighted by atomic mass is 10.0. The Labute approximate surface area is 342 Å². The number of hydrogen-bond acceptors (Lipinski definition) is 2. The summed E-state index contributed by atoms with van der Waals surface area (Å²) in [7, 11) is 0. The van der Waals surface area contributed by atoms with Crippen LogP contribution in [0.25, 0.3) is 81.1 Å². The molecule has 0 unspecified atom stereocenters. The molecular weight excluding hydrogens is 721 g/mol. The lowest BCUT2D eigenvalue weighted by molar-refractivity contribution is 1.22. The highest BCUT2D eigenvalue weighted by atomic mass is 32.1. The first kappa shape index (κ1) is 34.1. The summed E-state index contributed by atoms with van der Waals surface area (Å²) in [6.07, 6.45) is 11.9. The Hall–Kier alpha value is -7.20. The van der Waals surface area contributed by atoms with Crippen LogP contribution in [0.5, 0.6) is 0 Å². The largest absolute Gasteiger partial charge is 0.311 e. The Morgan fingerprint density at radius 2 is 1.02 bits per heavy atom. The lowest BCUT2D eigenvalue weighted by Gasteiger charge is -2.26. The van der Waals surface area contributed by atoms with Gasteiger partial charge in [-0.05, 0) is 107 Å². The second-order valence-electron chi connectivity index (χ2n) is 14.9. The molecule has 2 aromatic heterocycles. The van der Waals surface area contributed by atoms with Gasteiger partial charge in [-0.15, -0.1) is 11.3 Å². The lowest BCUT2D eigenvalue weighted by Crippen LogP contribution is -2.09. The molecule has 0 atom stereocenters. The molecule has 11 rings (SSSR count). The molecule has 3 heteroatoms. The topological polar surface area (TPSA) is 8.17 Å². The summed E-state index contributed by atoms with van der Waals surface area (Å²) in [5.41, 5.74) is 14.3. The van der Waals surface area contributed by atoms with Crippen LogP contribution >= 0.6 is 11.3 Å². The van der Waals surface area contributed by atoms with Crippen molar-refractivity contribution in [1.82, 2.24) is 4.57 Å². The SMILES string of the molecule is C1=CCC=C(n2c3ccccc3c3cc(-c4ccc(N(c5ccc(-c6ccccc6)cc5)c5ccc(-c6cccc7c6sc6ccccc67)cc5)cc4)ccc32)C=C1. The van der Waals surface area contributed by atoms with E-state index in [2.05, 4.69) is 228 Å². The Morgan fingerprint density at radius 3 is 1.78 bits per heavy atom. The Bertz CT molecular complexity index is 3210. The third kappa shape index (κ3) is 5.96. The average molecular weight is 759 g/mol. The number of rotatable bonds is 7. The van der Waals surface area contributed by atoms with Crippen molar-refractivity contribution >= 4 is 76.1 Å². The molecule has 0 aliphatic heterocycles. The first-order valence-corrected chi connectivity index (χ1v) is 20.7. The van der Waals surface area contributed by atoms with Gasteiger partial charge in [0, 0.05) is 53.7 Å². The third-order valence-electron chi connectivity index (χ3n) is 11.4. The van der Waals surface area contributed by atoms with E-state index in [1.807, 2.05) is 11.3 Å². The highest BCUT2D eigenvalue weighted by Crippen LogP contribution is 2.42. The van der Waals surface area contributed by atoms with Crippen LogP contribution in [0.15, 0.2) is 218 Å². The number of nitrogens with zero attached hydrogens (tertiary/aromatic N) is 2. The van der Waals surface area contributed by atoms with Crippen LogP contribution in [0.1, 0.15) is 6.42 Å². The van der Waals surface area contributed by atoms with Gasteiger partial charge in [0.25, 0.3) is 0 Å². The summed E-state index contributed by atoms with van der Waals surface area (Å²) < 4.78 is 5.05. The van der Waals surface area contributed by atoms with Crippen molar-refractivity contribution in [2.75, 3.05) is 4.90 Å². The summed E-state index contributed by atoms with van der Waals surface area (Å²) >= 11 is 1.88. The van der Waals surface area contributed by atoms with Gasteiger partial charge in [0.15, 0.2) is 0 Å². The normalized spacial score (nSPS) is 12.7. The van der Waals surface area contributed by atoms with Gasteiger partial charge in [-0.2, -0.15) is 0 Å². The third-order valence-corrected chi connectivity index (χ3v) is 12.7. The van der Waals surface area contributed by atoms with Gasteiger partial charge in [-0.1, -0.05) is 152 Å². The van der Waals surface area contributed by atoms with E-state index in [1.165, 1.54) is 81.1 Å². The van der Waals surface area contributed by atoms with E-state index in [9.17, 15) is 0 Å². The van der Waals surface area contributed by atoms with E-state index in [-0.39, 0.29) is 0 Å². The molecular formula is C55H38N2S. The van der Waals surface area contributed by atoms with Crippen molar-refractivity contribution in [1.29, 1.82) is 0 Å². The molecule has 274 valence electrons. The highest BCUT2D eigenvalue weighted by molar-refractivity contribution is 7.26. The van der Waals surface area contributed by atoms with Crippen LogP contribution in [0.2, 0.25) is 0 Å². The predicted octanol–water partition coefficient (Wildman–Crippen LogP) is 16.0. The maximum Gasteiger partial charge on any atom is 0.0541 e. The molecule has 8 aromatic carbocycles. The van der Waals surface area contributed by atoms with Crippen LogP contribution in [0.4, 0.5) is 17.1 Å². The molecule has 58 heavy (non-hydrogen) atoms. The Kier molecular flexibility index (Phi) is 8.45. The maximum atomic E-state index is 2.40. The molecule has 10 aromatic rings. The maximum absolute atomic E-state index is 2.40. The molecule has 0 radical (unpaired) electrons. The average Bonchev–Trinajstić information content (AvgIpc) is 3.70. The fourth-order valence-electron chi connectivity index (χ4n) is 8.61. The smallest absolute Gasteiger partial charge is 0.0541 e. The monoisotopic (exact) mass is 758 g/mol. The number of fused-ring (bicyclic) bond motifs is 6. The minimum Gasteiger partial charge on any atom is -0.311 e. The molecule has 0 saturated heterocycles. The number of benzene rings is 8. The molecule has 0 saturated carbocycles. The van der Waals surface area contributed by atoms with Crippen LogP contribution < -0.4 is 4.90 Å². The van der Waals surface area contributed by atoms with Gasteiger partial charge in [-0.25, -0.2) is 0 Å². The summed E-state index contributed by atoms with van der Waals surface area (Å²) in [6, 6.07) is 68.7. The van der Waals surface area contributed by atoms with Gasteiger partial charge in [0.05, 0.1) is 11.0 Å². The predicted molar refractivity (Wildman–Crippen MR) is 250 cm³/mol. The zero-order valence-electron chi connectivity index (χ0n) is 31.8. The molecule has 0 amide bonds. The molecule has 0 fully saturated rings. The van der Waals surface area contributed by atoms with Crippen LogP contribution in [-0.4, -0.2) is 4.57 Å². The minimum absolute atomic E-state index is 0.919. The number of para-hydroxylation sites is 1. The molecule has 0 spiro atoms. The molecule has 2 heterocycles. The van der Waals surface area contributed by atoms with Gasteiger partial charge >= 0.3 is 0 Å². The van der Waals surface area contributed by atoms with E-state index in [4.69, 9.17) is 0 Å². The number of thiophene rings is 1. The van der Waals surface area contributed by atoms with E-state index in [0.717, 1.165) is 23.5 Å². The molecule has 1 aliphatic rings. The summed E-state index contributed by atoms with van der Waals surface area (Å²) in [4.78, 5) is 2.36. The number of allylic oxidation sites excluding steroid dienone is 6. The van der Waals surface area contributed by atoms with Gasteiger partial charge in [0.1, 0.15) is 0 Å². The zero-order valence-corrected chi connectivity index (χ0v) is 32.6. The van der Waals surface area contributed by atoms with E-state index >= 15 is 0 Å². The van der Waals surface area contributed by atoms with Crippen molar-refractivity contribution < 1.29 is 0 Å². The molecule has 2 nitrogen and oxygen atoms in total. The standard InChI is InChI=1S/C55H38N2S/c1-2-7-16-43(15-6-1)57-52-21-10-8-17-48(52)51-37-42(29-36-53(51)57)40-25-32-45(33-26-40)56(44-30-23-39(24-31-44)38-13-4-3-5-14-38)46-34-27-41(28-35-46)47-19-12-20-50-49-18-9-11-22-54(49)58-55(47)50/h1-6,8-37H,7H2. The minimum atomic E-state index is 0.919. The second-order valence-corrected chi connectivity index (χ2v) is 15.9. The van der Waals surface area contributed by atoms with E-state index in [1.54, 1.807) is 0 Å². The fourth-order valence-corrected chi connectivity index (χ4v) is 9.85. The van der Waals surface area contributed by atoms with Crippen molar-refractivity contribution in [3.63, 3.8) is 0 Å². The van der Waals surface area contributed by atoms with Crippen molar-refractivity contribution in [2.24, 2.45) is 0 Å². The summed E-state index contributed by atoms with van der Waals surface area (Å²) in [5.74, 6) is 0. The summed E-state index contributed by atoms with van der Waals surface area (Å²) in [5, 5.41) is 5.16. The van der Waals surface area contributed by atoms with Crippen molar-refractivity contribution in [3.05, 3.63) is 218 Å². The van der Waals surface area contributed by atoms with Crippen molar-refractivity contribution in [2.45, 2.75) is 6.42 Å². The fraction of sp³-hybridized carbons (Fsp3) is 0.0182. The first-order chi connectivity index (χ1) is 28.8. The zero-order chi connectivity index (χ0) is 38.4. The number of anilines is 3. The molecule has 0 bridgehead atoms. The van der Waals surface area contributed by atoms with Gasteiger partial charge in [0.2, 0.25) is 0 Å². The quantitative estimate of drug-likeness (QED) is 0.157. The Balaban J connectivity index is 0.977. The van der Waals surface area contributed by atoms with E-state index in [0.29, 0.717) is 0 Å².